The normalized spacial score (nSPS) is 12.9. The third-order valence-electron chi connectivity index (χ3n) is 0.800. The molecule has 0 unspecified atom stereocenters. The van der Waals surface area contributed by atoms with Crippen LogP contribution in [0.5, 0.6) is 0 Å². The molecule has 0 saturated heterocycles. The van der Waals surface area contributed by atoms with E-state index >= 15 is 0 Å². The second-order valence-corrected chi connectivity index (χ2v) is 1.97. The molecular formula is C5H4AlF3O2. The quantitative estimate of drug-likeness (QED) is 0.361. The Balaban J connectivity index is 4.30. The van der Waals surface area contributed by atoms with E-state index in [1.54, 1.807) is 16.6 Å². The molecule has 0 aliphatic carbocycles. The highest BCUT2D eigenvalue weighted by Gasteiger charge is 2.36. The van der Waals surface area contributed by atoms with E-state index in [0.29, 0.717) is 6.08 Å². The summed E-state index contributed by atoms with van der Waals surface area (Å²) in [5.74, 6) is -2.02. The molecule has 60 valence electrons. The topological polar surface area (TPSA) is 26.3 Å². The minimum absolute atomic E-state index is 0.0997. The lowest BCUT2D eigenvalue weighted by atomic mass is 10.3. The number of allylic oxidation sites excluding steroid dienone is 2. The van der Waals surface area contributed by atoms with Gasteiger partial charge in [-0.1, -0.05) is 0 Å². The first-order valence-corrected chi connectivity index (χ1v) is 3.01. The second-order valence-electron chi connectivity index (χ2n) is 1.73. The van der Waals surface area contributed by atoms with Crippen molar-refractivity contribution in [3.8, 4) is 0 Å². The van der Waals surface area contributed by atoms with Gasteiger partial charge in [0, 0.05) is 6.08 Å². The van der Waals surface area contributed by atoms with Crippen LogP contribution in [0.3, 0.4) is 0 Å². The summed E-state index contributed by atoms with van der Waals surface area (Å²) in [5, 5.41) is 0. The first-order valence-electron chi connectivity index (χ1n) is 2.54. The van der Waals surface area contributed by atoms with Crippen LogP contribution in [0.15, 0.2) is 11.8 Å². The van der Waals surface area contributed by atoms with Crippen LogP contribution in [0, 0.1) is 0 Å². The molecule has 0 aliphatic rings. The third kappa shape index (κ3) is 4.07. The molecule has 0 aromatic carbocycles. The van der Waals surface area contributed by atoms with Crippen molar-refractivity contribution in [1.29, 1.82) is 0 Å². The molecule has 0 aromatic rings. The highest BCUT2D eigenvalue weighted by molar-refractivity contribution is 6.00. The maximum Gasteiger partial charge on any atom is 0.481 e. The summed E-state index contributed by atoms with van der Waals surface area (Å²) in [6.45, 7) is 1.25. The summed E-state index contributed by atoms with van der Waals surface area (Å²) in [5.41, 5.74) is 0. The van der Waals surface area contributed by atoms with E-state index in [1.807, 2.05) is 0 Å². The van der Waals surface area contributed by atoms with Gasteiger partial charge in [-0.25, -0.2) is 0 Å². The molecule has 0 atom stereocenters. The second kappa shape index (κ2) is 3.79. The number of carbonyl (C=O) groups excluding carboxylic acids is 1. The van der Waals surface area contributed by atoms with Crippen LogP contribution in [0.4, 0.5) is 13.2 Å². The Morgan fingerprint density at radius 2 is 2.00 bits per heavy atom. The Morgan fingerprint density at radius 3 is 2.27 bits per heavy atom. The van der Waals surface area contributed by atoms with Crippen molar-refractivity contribution in [2.24, 2.45) is 0 Å². The highest BCUT2D eigenvalue weighted by atomic mass is 27.1. The smallest absolute Gasteiger partial charge is 0.481 e. The zero-order valence-corrected chi connectivity index (χ0v) is 6.76. The Hall–Kier alpha value is -0.468. The molecular weight excluding hydrogens is 176 g/mol. The Kier molecular flexibility index (Phi) is 3.63. The first kappa shape index (κ1) is 10.5. The van der Waals surface area contributed by atoms with Crippen LogP contribution in [0.1, 0.15) is 6.92 Å². The summed E-state index contributed by atoms with van der Waals surface area (Å²) < 4.78 is 38.7. The average Bonchev–Trinajstić information content (AvgIpc) is 1.85. The van der Waals surface area contributed by atoms with Gasteiger partial charge in [0.25, 0.3) is 5.78 Å². The fourth-order valence-corrected chi connectivity index (χ4v) is 0.369. The molecule has 2 nitrogen and oxygen atoms in total. The van der Waals surface area contributed by atoms with Crippen molar-refractivity contribution in [2.75, 3.05) is 0 Å². The van der Waals surface area contributed by atoms with E-state index in [1.165, 1.54) is 6.92 Å². The van der Waals surface area contributed by atoms with E-state index in [-0.39, 0.29) is 5.76 Å². The van der Waals surface area contributed by atoms with Crippen LogP contribution >= 0.6 is 0 Å². The predicted octanol–water partition coefficient (Wildman–Crippen LogP) is 1.12. The molecule has 0 aromatic heterocycles. The molecule has 0 aliphatic heterocycles. The number of carbonyl (C=O) groups is 1. The fourth-order valence-electron chi connectivity index (χ4n) is 0.300. The van der Waals surface area contributed by atoms with Crippen LogP contribution in [-0.4, -0.2) is 28.6 Å². The zero-order chi connectivity index (χ0) is 9.07. The Bertz CT molecular complexity index is 185. The number of hydrogen-bond acceptors (Lipinski definition) is 2. The number of alkyl halides is 3. The van der Waals surface area contributed by atoms with Gasteiger partial charge >= 0.3 is 22.8 Å². The molecule has 6 heteroatoms. The number of ketones is 1. The Morgan fingerprint density at radius 1 is 1.55 bits per heavy atom. The van der Waals surface area contributed by atoms with Crippen molar-refractivity contribution >= 4 is 22.4 Å². The van der Waals surface area contributed by atoms with Gasteiger partial charge in [-0.3, -0.25) is 4.79 Å². The van der Waals surface area contributed by atoms with Crippen molar-refractivity contribution in [3.63, 3.8) is 0 Å². The molecule has 0 bridgehead atoms. The van der Waals surface area contributed by atoms with Gasteiger partial charge < -0.3 is 3.79 Å². The van der Waals surface area contributed by atoms with Crippen LogP contribution < -0.4 is 0 Å². The van der Waals surface area contributed by atoms with E-state index in [4.69, 9.17) is 0 Å². The summed E-state index contributed by atoms with van der Waals surface area (Å²) in [4.78, 5) is 10.1. The highest BCUT2D eigenvalue weighted by Crippen LogP contribution is 2.17. The molecule has 0 saturated carbocycles. The molecule has 0 N–H and O–H groups in total. The largest absolute Gasteiger partial charge is 0.657 e. The van der Waals surface area contributed by atoms with Crippen LogP contribution in [-0.2, 0) is 8.58 Å². The SMILES string of the molecule is C/C(=C/C(=O)C(F)(F)F)[O][Al]. The van der Waals surface area contributed by atoms with Gasteiger partial charge in [-0.05, 0) is 6.92 Å². The molecule has 0 fully saturated rings. The van der Waals surface area contributed by atoms with Crippen molar-refractivity contribution in [1.82, 2.24) is 0 Å². The van der Waals surface area contributed by atoms with Crippen molar-refractivity contribution < 1.29 is 21.8 Å². The first-order chi connectivity index (χ1) is 4.88. The standard InChI is InChI=1S/C5H5F3O2.Al/c1-3(9)2-4(10)5(6,7)8;/h2,9H,1H3;/q;+1/p-1/b3-2-;. The number of hydrogen-bond donors (Lipinski definition) is 0. The lowest BCUT2D eigenvalue weighted by molar-refractivity contribution is -0.165. The summed E-state index contributed by atoms with van der Waals surface area (Å²) in [7, 11) is 0. The van der Waals surface area contributed by atoms with E-state index < -0.39 is 12.0 Å². The lowest BCUT2D eigenvalue weighted by Gasteiger charge is -2.03. The van der Waals surface area contributed by atoms with E-state index in [0.717, 1.165) is 0 Å². The minimum Gasteiger partial charge on any atom is -0.657 e. The van der Waals surface area contributed by atoms with E-state index in [9.17, 15) is 18.0 Å². The van der Waals surface area contributed by atoms with Crippen LogP contribution in [0.2, 0.25) is 0 Å². The Labute approximate surface area is 69.8 Å². The van der Waals surface area contributed by atoms with Gasteiger partial charge in [0.05, 0.1) is 5.76 Å². The number of halogens is 3. The van der Waals surface area contributed by atoms with Gasteiger partial charge in [-0.15, -0.1) is 0 Å². The van der Waals surface area contributed by atoms with Crippen molar-refractivity contribution in [2.45, 2.75) is 13.1 Å². The zero-order valence-electron chi connectivity index (χ0n) is 5.61. The molecule has 0 amide bonds. The van der Waals surface area contributed by atoms with Crippen LogP contribution in [0.25, 0.3) is 0 Å². The van der Waals surface area contributed by atoms with Gasteiger partial charge in [0.15, 0.2) is 0 Å². The predicted molar refractivity (Wildman–Crippen MR) is 31.7 cm³/mol. The third-order valence-corrected chi connectivity index (χ3v) is 1.17. The molecule has 0 heterocycles. The summed E-state index contributed by atoms with van der Waals surface area (Å²) in [6, 6.07) is 0. The molecule has 11 heavy (non-hydrogen) atoms. The molecule has 2 radical (unpaired) electrons. The van der Waals surface area contributed by atoms with E-state index in [2.05, 4.69) is 3.79 Å². The monoisotopic (exact) mass is 180 g/mol. The summed E-state index contributed by atoms with van der Waals surface area (Å²) >= 11 is 1.74. The van der Waals surface area contributed by atoms with Crippen molar-refractivity contribution in [3.05, 3.63) is 11.8 Å². The van der Waals surface area contributed by atoms with Gasteiger partial charge in [0.2, 0.25) is 0 Å². The average molecular weight is 180 g/mol. The molecule has 0 spiro atoms. The molecule has 0 rings (SSSR count). The minimum atomic E-state index is -4.82. The lowest BCUT2D eigenvalue weighted by Crippen LogP contribution is -2.20. The van der Waals surface area contributed by atoms with Gasteiger partial charge in [0.1, 0.15) is 0 Å². The maximum absolute atomic E-state index is 11.5. The number of rotatable bonds is 2. The van der Waals surface area contributed by atoms with Gasteiger partial charge in [-0.2, -0.15) is 13.2 Å². The maximum atomic E-state index is 11.5. The summed E-state index contributed by atoms with van der Waals surface area (Å²) in [6.07, 6.45) is -4.43. The fraction of sp³-hybridized carbons (Fsp3) is 0.400.